The van der Waals surface area contributed by atoms with Gasteiger partial charge >= 0.3 is 0 Å². The molecule has 0 amide bonds. The molecule has 0 unspecified atom stereocenters. The van der Waals surface area contributed by atoms with Gasteiger partial charge in [0.25, 0.3) is 0 Å². The Balaban J connectivity index is 1.20. The Morgan fingerprint density at radius 3 is 2.45 bits per heavy atom. The molecule has 8 rings (SSSR count). The number of ketones is 1. The van der Waals surface area contributed by atoms with Crippen molar-refractivity contribution in [3.63, 3.8) is 0 Å². The minimum absolute atomic E-state index is 0.0443. The van der Waals surface area contributed by atoms with Gasteiger partial charge in [-0.05, 0) is 93.6 Å². The Morgan fingerprint density at radius 2 is 1.71 bits per heavy atom. The minimum Gasteiger partial charge on any atom is -0.496 e. The molecule has 1 aliphatic carbocycles. The number of carbonyl (C=O) groups is 2. The summed E-state index contributed by atoms with van der Waals surface area (Å²) in [7, 11) is 1.63. The first kappa shape index (κ1) is 31.3. The van der Waals surface area contributed by atoms with E-state index in [4.69, 9.17) is 9.47 Å². The molecule has 0 bridgehead atoms. The molecule has 49 heavy (non-hydrogen) atoms. The first-order valence-electron chi connectivity index (χ1n) is 16.2. The van der Waals surface area contributed by atoms with Crippen molar-refractivity contribution in [2.45, 2.75) is 51.9 Å². The normalized spacial score (nSPS) is 16.1. The highest BCUT2D eigenvalue weighted by atomic mass is 16.5. The summed E-state index contributed by atoms with van der Waals surface area (Å²) in [6, 6.07) is 14.5. The molecule has 0 radical (unpaired) electrons. The van der Waals surface area contributed by atoms with Gasteiger partial charge in [0.2, 0.25) is 5.78 Å². The summed E-state index contributed by atoms with van der Waals surface area (Å²) in [5, 5.41) is 42.1. The number of aliphatic hydroxyl groups is 4. The van der Waals surface area contributed by atoms with Crippen LogP contribution < -0.4 is 9.47 Å². The second-order valence-corrected chi connectivity index (χ2v) is 12.8. The molecular weight excluding hydrogens is 624 g/mol. The summed E-state index contributed by atoms with van der Waals surface area (Å²) in [5.41, 5.74) is 8.46. The molecule has 0 spiro atoms. The predicted octanol–water partition coefficient (Wildman–Crippen LogP) is 4.68. The highest BCUT2D eigenvalue weighted by molar-refractivity contribution is 6.25. The van der Waals surface area contributed by atoms with Crippen LogP contribution in [0.2, 0.25) is 0 Å². The van der Waals surface area contributed by atoms with Gasteiger partial charge in [0.05, 0.1) is 39.1 Å². The number of fused-ring (bicyclic) bond motifs is 6. The molecule has 10 nitrogen and oxygen atoms in total. The number of hydrogen-bond acceptors (Lipinski definition) is 10. The van der Waals surface area contributed by atoms with Crippen molar-refractivity contribution in [3.8, 4) is 28.4 Å². The molecule has 1 atom stereocenters. The van der Waals surface area contributed by atoms with Crippen molar-refractivity contribution in [2.24, 2.45) is 0 Å². The molecule has 0 saturated carbocycles. The molecule has 3 aliphatic rings. The molecular formula is C39H34N2O8. The van der Waals surface area contributed by atoms with Crippen molar-refractivity contribution in [1.29, 1.82) is 0 Å². The van der Waals surface area contributed by atoms with Crippen LogP contribution in [0.1, 0.15) is 77.0 Å². The van der Waals surface area contributed by atoms with Crippen LogP contribution in [0, 0.1) is 0 Å². The van der Waals surface area contributed by atoms with Gasteiger partial charge in [0.15, 0.2) is 6.29 Å². The van der Waals surface area contributed by atoms with Gasteiger partial charge in [-0.15, -0.1) is 0 Å². The van der Waals surface area contributed by atoms with Crippen LogP contribution in [-0.4, -0.2) is 56.0 Å². The fourth-order valence-corrected chi connectivity index (χ4v) is 8.00. The maximum atomic E-state index is 13.9. The summed E-state index contributed by atoms with van der Waals surface area (Å²) in [6.45, 7) is 0.267. The number of methoxy groups -OCH3 is 1. The summed E-state index contributed by atoms with van der Waals surface area (Å²) < 4.78 is 12.1. The number of ether oxygens (including phenoxy) is 2. The molecule has 10 heteroatoms. The quantitative estimate of drug-likeness (QED) is 0.170. The van der Waals surface area contributed by atoms with Crippen molar-refractivity contribution >= 4 is 22.8 Å². The lowest BCUT2D eigenvalue weighted by Crippen LogP contribution is -2.39. The van der Waals surface area contributed by atoms with Crippen LogP contribution in [0.25, 0.3) is 21.9 Å². The van der Waals surface area contributed by atoms with E-state index in [1.165, 1.54) is 0 Å². The maximum absolute atomic E-state index is 13.9. The van der Waals surface area contributed by atoms with Gasteiger partial charge in [0, 0.05) is 53.0 Å². The predicted molar refractivity (Wildman–Crippen MR) is 180 cm³/mol. The van der Waals surface area contributed by atoms with Gasteiger partial charge in [-0.3, -0.25) is 19.5 Å². The number of aromatic nitrogens is 1. The summed E-state index contributed by atoms with van der Waals surface area (Å²) >= 11 is 0. The molecule has 4 N–H and O–H groups in total. The highest BCUT2D eigenvalue weighted by Gasteiger charge is 2.35. The fourth-order valence-electron chi connectivity index (χ4n) is 8.00. The molecule has 4 aromatic carbocycles. The van der Waals surface area contributed by atoms with E-state index in [1.54, 1.807) is 37.6 Å². The van der Waals surface area contributed by atoms with Crippen LogP contribution >= 0.6 is 0 Å². The number of aldehydes is 1. The minimum atomic E-state index is -0.409. The lowest BCUT2D eigenvalue weighted by molar-refractivity contribution is 0.103. The second-order valence-electron chi connectivity index (χ2n) is 12.8. The van der Waals surface area contributed by atoms with E-state index < -0.39 is 6.61 Å². The van der Waals surface area contributed by atoms with E-state index in [9.17, 15) is 30.0 Å². The largest absolute Gasteiger partial charge is 0.496 e. The van der Waals surface area contributed by atoms with E-state index in [0.717, 1.165) is 59.2 Å². The van der Waals surface area contributed by atoms with Crippen molar-refractivity contribution in [2.75, 3.05) is 13.7 Å². The lowest BCUT2D eigenvalue weighted by Gasteiger charge is -2.42. The Bertz CT molecular complexity index is 2210. The van der Waals surface area contributed by atoms with E-state index in [-0.39, 0.29) is 48.7 Å². The Kier molecular flexibility index (Phi) is 7.78. The monoisotopic (exact) mass is 658 g/mol. The third-order valence-corrected chi connectivity index (χ3v) is 10.4. The Hall–Kier alpha value is -4.97. The molecule has 5 aromatic rings. The zero-order valence-corrected chi connectivity index (χ0v) is 26.8. The van der Waals surface area contributed by atoms with Crippen molar-refractivity contribution < 1.29 is 39.5 Å². The van der Waals surface area contributed by atoms with Crippen LogP contribution in [0.3, 0.4) is 0 Å². The molecule has 0 fully saturated rings. The summed E-state index contributed by atoms with van der Waals surface area (Å²) in [5.74, 6) is 0.949. The Morgan fingerprint density at radius 1 is 0.898 bits per heavy atom. The fraction of sp³-hybridized carbons (Fsp3) is 0.256. The number of nitrogens with zero attached hydrogens (tertiary/aromatic N) is 2. The molecule has 248 valence electrons. The first-order chi connectivity index (χ1) is 23.9. The van der Waals surface area contributed by atoms with Gasteiger partial charge in [-0.1, -0.05) is 12.1 Å². The number of carbonyl (C=O) groups excluding carboxylic acids is 2. The number of aliphatic hydroxyl groups excluding tert-OH is 4. The van der Waals surface area contributed by atoms with Crippen molar-refractivity contribution in [3.05, 3.63) is 116 Å². The lowest BCUT2D eigenvalue weighted by atomic mass is 9.80. The maximum Gasteiger partial charge on any atom is 0.212 e. The average molecular weight is 659 g/mol. The second kappa shape index (κ2) is 12.2. The third kappa shape index (κ3) is 4.79. The SMILES string of the molecule is COc1c(CO)ccc2c1CN1CCc3cc(Oc4cc5c(cc4CO)-c4c(CO)c(CO)cc6ccnc(c46)C5=O)c(C=O)cc3[C@@H]1C2. The van der Waals surface area contributed by atoms with E-state index in [0.29, 0.717) is 56.4 Å². The average Bonchev–Trinajstić information content (AvgIpc) is 3.14. The summed E-state index contributed by atoms with van der Waals surface area (Å²) in [6.07, 6.45) is 3.75. The highest BCUT2D eigenvalue weighted by Crippen LogP contribution is 2.47. The van der Waals surface area contributed by atoms with Crippen LogP contribution in [0.5, 0.6) is 17.2 Å². The van der Waals surface area contributed by atoms with Gasteiger partial charge in [-0.2, -0.15) is 0 Å². The Labute approximate surface area is 281 Å². The number of hydrogen-bond donors (Lipinski definition) is 4. The molecule has 3 heterocycles. The standard InChI is InChI=1S/C39H34N2O8/c1-48-39-23(15-42)3-2-20-11-32-27-9-25(17-44)33(12-21(27)5-7-41(32)14-30(20)39)49-34-13-29-28(10-26(34)18-45)36-31(19-46)24(16-43)8-22-4-6-40-37(35(22)36)38(29)47/h2-4,6,8-10,12-13,17,32,42-43,45-46H,5,7,11,14-16,18-19H2,1H3/t32-/m0/s1. The third-order valence-electron chi connectivity index (χ3n) is 10.4. The van der Waals surface area contributed by atoms with Crippen molar-refractivity contribution in [1.82, 2.24) is 9.88 Å². The number of benzene rings is 4. The zero-order valence-electron chi connectivity index (χ0n) is 26.8. The first-order valence-corrected chi connectivity index (χ1v) is 16.2. The van der Waals surface area contributed by atoms with Crippen LogP contribution in [-0.2, 0) is 45.8 Å². The van der Waals surface area contributed by atoms with E-state index in [2.05, 4.69) is 9.88 Å². The summed E-state index contributed by atoms with van der Waals surface area (Å²) in [4.78, 5) is 33.2. The smallest absolute Gasteiger partial charge is 0.212 e. The van der Waals surface area contributed by atoms with Crippen LogP contribution in [0.4, 0.5) is 0 Å². The van der Waals surface area contributed by atoms with E-state index in [1.807, 2.05) is 24.3 Å². The zero-order chi connectivity index (χ0) is 34.0. The van der Waals surface area contributed by atoms with Gasteiger partial charge < -0.3 is 29.9 Å². The number of pyridine rings is 1. The topological polar surface area (TPSA) is 150 Å². The molecule has 1 aromatic heterocycles. The van der Waals surface area contributed by atoms with Crippen LogP contribution in [0.15, 0.2) is 54.7 Å². The van der Waals surface area contributed by atoms with E-state index >= 15 is 0 Å². The molecule has 0 saturated heterocycles. The van der Waals surface area contributed by atoms with Gasteiger partial charge in [-0.25, -0.2) is 0 Å². The van der Waals surface area contributed by atoms with Gasteiger partial charge in [0.1, 0.15) is 22.9 Å². The molecule has 2 aliphatic heterocycles. The number of rotatable bonds is 8.